The second-order valence-electron chi connectivity index (χ2n) is 7.85. The number of aryl methyl sites for hydroxylation is 1. The molecule has 0 N–H and O–H groups in total. The minimum absolute atomic E-state index is 0.425. The number of likely N-dealkylation sites (N-methyl/N-ethyl adjacent to an activating group) is 1. The molecule has 4 rings (SSSR count). The minimum atomic E-state index is 0.425. The fraction of sp³-hybridized carbons (Fsp3) is 0.333. The van der Waals surface area contributed by atoms with Crippen molar-refractivity contribution in [3.63, 3.8) is 0 Å². The topological polar surface area (TPSA) is 8.17 Å². The summed E-state index contributed by atoms with van der Waals surface area (Å²) in [5.74, 6) is 0. The van der Waals surface area contributed by atoms with Crippen LogP contribution in [0.25, 0.3) is 22.7 Å². The Hall–Kier alpha value is -1.74. The van der Waals surface area contributed by atoms with Gasteiger partial charge in [0.2, 0.25) is 0 Å². The molecule has 0 bridgehead atoms. The van der Waals surface area contributed by atoms with Crippen LogP contribution in [0.1, 0.15) is 48.7 Å². The van der Waals surface area contributed by atoms with E-state index in [4.69, 9.17) is 23.2 Å². The number of fused-ring (bicyclic) bond motifs is 3. The fourth-order valence-electron chi connectivity index (χ4n) is 4.45. The van der Waals surface area contributed by atoms with E-state index in [9.17, 15) is 0 Å². The van der Waals surface area contributed by atoms with E-state index in [2.05, 4.69) is 61.7 Å². The van der Waals surface area contributed by atoms with Crippen LogP contribution in [0.3, 0.4) is 0 Å². The van der Waals surface area contributed by atoms with Crippen molar-refractivity contribution < 1.29 is 0 Å². The van der Waals surface area contributed by atoms with Gasteiger partial charge in [0.25, 0.3) is 0 Å². The lowest BCUT2D eigenvalue weighted by molar-refractivity contribution is 0.220. The van der Waals surface area contributed by atoms with E-state index >= 15 is 0 Å². The molecule has 0 radical (unpaired) electrons. The maximum atomic E-state index is 6.26. The highest BCUT2D eigenvalue weighted by Gasteiger charge is 2.29. The summed E-state index contributed by atoms with van der Waals surface area (Å²) < 4.78 is 2.41. The molecule has 0 saturated heterocycles. The van der Waals surface area contributed by atoms with Gasteiger partial charge in [-0.25, -0.2) is 0 Å². The van der Waals surface area contributed by atoms with Crippen LogP contribution in [0.15, 0.2) is 36.4 Å². The molecular formula is C24H26Cl2N2. The summed E-state index contributed by atoms with van der Waals surface area (Å²) in [5, 5.41) is 2.57. The van der Waals surface area contributed by atoms with E-state index < -0.39 is 0 Å². The Balaban J connectivity index is 1.95. The second kappa shape index (κ2) is 7.59. The Morgan fingerprint density at radius 1 is 1.14 bits per heavy atom. The van der Waals surface area contributed by atoms with Crippen molar-refractivity contribution in [2.45, 2.75) is 39.7 Å². The normalized spacial score (nSPS) is 17.9. The molecule has 28 heavy (non-hydrogen) atoms. The van der Waals surface area contributed by atoms with Gasteiger partial charge in [0.05, 0.1) is 21.6 Å². The maximum Gasteiger partial charge on any atom is 0.0598 e. The summed E-state index contributed by atoms with van der Waals surface area (Å²) in [6.45, 7) is 7.69. The summed E-state index contributed by atoms with van der Waals surface area (Å²) in [6.07, 6.45) is 4.45. The molecule has 1 unspecified atom stereocenters. The third-order valence-corrected chi connectivity index (χ3v) is 6.69. The molecule has 2 aromatic carbocycles. The monoisotopic (exact) mass is 412 g/mol. The van der Waals surface area contributed by atoms with Gasteiger partial charge in [-0.3, -0.25) is 4.90 Å². The third-order valence-electron chi connectivity index (χ3n) is 5.95. The number of halogens is 2. The quantitative estimate of drug-likeness (QED) is 0.440. The first-order chi connectivity index (χ1) is 13.4. The average molecular weight is 413 g/mol. The predicted molar refractivity (Wildman–Crippen MR) is 122 cm³/mol. The first-order valence-corrected chi connectivity index (χ1v) is 10.6. The van der Waals surface area contributed by atoms with Crippen LogP contribution in [-0.4, -0.2) is 23.1 Å². The van der Waals surface area contributed by atoms with E-state index in [0.29, 0.717) is 16.1 Å². The Bertz CT molecular complexity index is 1080. The van der Waals surface area contributed by atoms with Crippen molar-refractivity contribution >= 4 is 45.9 Å². The van der Waals surface area contributed by atoms with Crippen LogP contribution in [0.4, 0.5) is 0 Å². The molecule has 0 aliphatic carbocycles. The average Bonchev–Trinajstić information content (AvgIpc) is 2.97. The molecule has 1 atom stereocenters. The van der Waals surface area contributed by atoms with Gasteiger partial charge in [0.1, 0.15) is 0 Å². The predicted octanol–water partition coefficient (Wildman–Crippen LogP) is 7.21. The molecular weight excluding hydrogens is 387 g/mol. The van der Waals surface area contributed by atoms with E-state index in [1.807, 2.05) is 18.2 Å². The Labute approximate surface area is 177 Å². The van der Waals surface area contributed by atoms with Gasteiger partial charge in [0, 0.05) is 23.8 Å². The molecule has 4 heteroatoms. The summed E-state index contributed by atoms with van der Waals surface area (Å²) in [5.41, 5.74) is 7.78. The van der Waals surface area contributed by atoms with Crippen molar-refractivity contribution in [3.8, 4) is 0 Å². The van der Waals surface area contributed by atoms with Crippen LogP contribution in [0, 0.1) is 6.92 Å². The molecule has 0 amide bonds. The third kappa shape index (κ3) is 3.28. The minimum Gasteiger partial charge on any atom is -0.318 e. The van der Waals surface area contributed by atoms with E-state index in [1.165, 1.54) is 33.3 Å². The molecule has 3 aromatic rings. The zero-order chi connectivity index (χ0) is 20.0. The highest BCUT2D eigenvalue weighted by Crippen LogP contribution is 2.39. The molecule has 1 aliphatic rings. The molecule has 146 valence electrons. The second-order valence-corrected chi connectivity index (χ2v) is 8.66. The summed E-state index contributed by atoms with van der Waals surface area (Å²) in [7, 11) is 2.24. The zero-order valence-electron chi connectivity index (χ0n) is 16.9. The van der Waals surface area contributed by atoms with E-state index in [-0.39, 0.29) is 0 Å². The van der Waals surface area contributed by atoms with Gasteiger partial charge in [-0.2, -0.15) is 0 Å². The number of nitrogens with zero attached hydrogens (tertiary/aromatic N) is 2. The van der Waals surface area contributed by atoms with Crippen molar-refractivity contribution in [1.29, 1.82) is 0 Å². The molecule has 2 nitrogen and oxygen atoms in total. The molecule has 0 saturated carbocycles. The van der Waals surface area contributed by atoms with Crippen molar-refractivity contribution in [2.75, 3.05) is 13.6 Å². The first-order valence-electron chi connectivity index (χ1n) is 9.88. The Morgan fingerprint density at radius 2 is 1.93 bits per heavy atom. The van der Waals surface area contributed by atoms with Crippen LogP contribution in [0.2, 0.25) is 10.0 Å². The lowest BCUT2D eigenvalue weighted by atomic mass is 9.96. The molecule has 0 fully saturated rings. The Kier molecular flexibility index (Phi) is 5.30. The van der Waals surface area contributed by atoms with Gasteiger partial charge < -0.3 is 4.57 Å². The molecule has 2 heterocycles. The van der Waals surface area contributed by atoms with E-state index in [1.54, 1.807) is 0 Å². The van der Waals surface area contributed by atoms with Crippen LogP contribution in [0.5, 0.6) is 0 Å². The number of hydrogen-bond donors (Lipinski definition) is 0. The van der Waals surface area contributed by atoms with Crippen LogP contribution < -0.4 is 0 Å². The number of benzene rings is 2. The number of aromatic nitrogens is 1. The number of allylic oxidation sites excluding steroid dienone is 1. The Morgan fingerprint density at radius 3 is 2.64 bits per heavy atom. The van der Waals surface area contributed by atoms with Gasteiger partial charge >= 0.3 is 0 Å². The fourth-order valence-corrected chi connectivity index (χ4v) is 4.74. The lowest BCUT2D eigenvalue weighted by Gasteiger charge is -2.33. The molecule has 0 spiro atoms. The SMILES string of the molecule is CCC1c2c(c3cc(C)ccc3n2C=C(C)c2ccc(Cl)c(Cl)c2)CCN1C. The zero-order valence-corrected chi connectivity index (χ0v) is 18.4. The molecule has 1 aliphatic heterocycles. The summed E-state index contributed by atoms with van der Waals surface area (Å²) >= 11 is 12.4. The van der Waals surface area contributed by atoms with Gasteiger partial charge in [-0.15, -0.1) is 0 Å². The van der Waals surface area contributed by atoms with Crippen molar-refractivity contribution in [1.82, 2.24) is 9.47 Å². The van der Waals surface area contributed by atoms with Gasteiger partial charge in [-0.1, -0.05) is 47.8 Å². The highest BCUT2D eigenvalue weighted by atomic mass is 35.5. The summed E-state index contributed by atoms with van der Waals surface area (Å²) in [4.78, 5) is 2.48. The van der Waals surface area contributed by atoms with Crippen molar-refractivity contribution in [2.24, 2.45) is 0 Å². The lowest BCUT2D eigenvalue weighted by Crippen LogP contribution is -2.32. The van der Waals surface area contributed by atoms with Crippen LogP contribution in [-0.2, 0) is 6.42 Å². The van der Waals surface area contributed by atoms with Crippen LogP contribution >= 0.6 is 23.2 Å². The maximum absolute atomic E-state index is 6.26. The highest BCUT2D eigenvalue weighted by molar-refractivity contribution is 6.42. The molecule has 1 aromatic heterocycles. The summed E-state index contributed by atoms with van der Waals surface area (Å²) in [6, 6.07) is 13.1. The van der Waals surface area contributed by atoms with Gasteiger partial charge in [0.15, 0.2) is 0 Å². The smallest absolute Gasteiger partial charge is 0.0598 e. The number of hydrogen-bond acceptors (Lipinski definition) is 1. The number of rotatable bonds is 3. The van der Waals surface area contributed by atoms with Gasteiger partial charge in [-0.05, 0) is 74.7 Å². The largest absolute Gasteiger partial charge is 0.318 e. The van der Waals surface area contributed by atoms with Crippen molar-refractivity contribution in [3.05, 3.63) is 68.8 Å². The van der Waals surface area contributed by atoms with E-state index in [0.717, 1.165) is 24.9 Å². The standard InChI is InChI=1S/C24H26Cl2N2/c1-5-22-24-18(10-11-27(22)4)19-12-15(2)6-9-23(19)28(24)14-16(3)17-7-8-20(25)21(26)13-17/h6-9,12-14,22H,5,10-11H2,1-4H3. The first kappa shape index (κ1) is 19.6.